The lowest BCUT2D eigenvalue weighted by atomic mass is 9.88. The summed E-state index contributed by atoms with van der Waals surface area (Å²) in [6, 6.07) is 6.09. The van der Waals surface area contributed by atoms with Gasteiger partial charge in [-0.05, 0) is 40.0 Å². The maximum Gasteiger partial charge on any atom is 0.136 e. The molecule has 1 atom stereocenters. The van der Waals surface area contributed by atoms with Crippen LogP contribution in [0.3, 0.4) is 0 Å². The van der Waals surface area contributed by atoms with Gasteiger partial charge in [0.05, 0.1) is 11.6 Å². The van der Waals surface area contributed by atoms with Gasteiger partial charge in [-0.2, -0.15) is 0 Å². The average Bonchev–Trinajstić information content (AvgIpc) is 2.18. The summed E-state index contributed by atoms with van der Waals surface area (Å²) in [5, 5.41) is 0. The van der Waals surface area contributed by atoms with Gasteiger partial charge in [0, 0.05) is 5.92 Å². The van der Waals surface area contributed by atoms with E-state index < -0.39 is 0 Å². The smallest absolute Gasteiger partial charge is 0.136 e. The van der Waals surface area contributed by atoms with Crippen molar-refractivity contribution in [2.24, 2.45) is 11.7 Å². The highest BCUT2D eigenvalue weighted by molar-refractivity contribution is 9.10. The van der Waals surface area contributed by atoms with Gasteiger partial charge in [-0.25, -0.2) is 0 Å². The highest BCUT2D eigenvalue weighted by Gasteiger charge is 2.19. The number of hydrogen-bond acceptors (Lipinski definition) is 2. The molecule has 2 nitrogen and oxygen atoms in total. The maximum atomic E-state index is 5.81. The topological polar surface area (TPSA) is 35.2 Å². The van der Waals surface area contributed by atoms with E-state index in [4.69, 9.17) is 10.5 Å². The Hall–Kier alpha value is -0.540. The maximum absolute atomic E-state index is 5.81. The van der Waals surface area contributed by atoms with Crippen molar-refractivity contribution in [1.82, 2.24) is 0 Å². The van der Waals surface area contributed by atoms with E-state index in [0.29, 0.717) is 18.4 Å². The fraction of sp³-hybridized carbons (Fsp3) is 0.500. The SMILES string of the molecule is COc1c(Br)cccc1C(CN)C(C)C. The van der Waals surface area contributed by atoms with Crippen LogP contribution in [0, 0.1) is 5.92 Å². The Labute approximate surface area is 99.9 Å². The number of ether oxygens (including phenoxy) is 1. The van der Waals surface area contributed by atoms with Crippen LogP contribution in [-0.2, 0) is 0 Å². The van der Waals surface area contributed by atoms with Crippen molar-refractivity contribution in [3.63, 3.8) is 0 Å². The third-order valence-corrected chi connectivity index (χ3v) is 3.28. The van der Waals surface area contributed by atoms with E-state index in [1.54, 1.807) is 7.11 Å². The number of rotatable bonds is 4. The van der Waals surface area contributed by atoms with E-state index in [2.05, 4.69) is 35.8 Å². The van der Waals surface area contributed by atoms with Crippen LogP contribution in [0.2, 0.25) is 0 Å². The fourth-order valence-electron chi connectivity index (χ4n) is 1.79. The standard InChI is InChI=1S/C12H18BrNO/c1-8(2)10(7-14)9-5-4-6-11(13)12(9)15-3/h4-6,8,10H,7,14H2,1-3H3. The van der Waals surface area contributed by atoms with Gasteiger partial charge >= 0.3 is 0 Å². The van der Waals surface area contributed by atoms with Crippen molar-refractivity contribution in [2.45, 2.75) is 19.8 Å². The highest BCUT2D eigenvalue weighted by atomic mass is 79.9. The lowest BCUT2D eigenvalue weighted by molar-refractivity contribution is 0.393. The van der Waals surface area contributed by atoms with Crippen LogP contribution in [0.5, 0.6) is 5.75 Å². The van der Waals surface area contributed by atoms with E-state index in [1.807, 2.05) is 12.1 Å². The molecule has 1 aromatic rings. The Balaban J connectivity index is 3.16. The number of para-hydroxylation sites is 1. The van der Waals surface area contributed by atoms with Crippen molar-refractivity contribution < 1.29 is 4.74 Å². The Morgan fingerprint density at radius 3 is 2.53 bits per heavy atom. The lowest BCUT2D eigenvalue weighted by Gasteiger charge is -2.22. The Morgan fingerprint density at radius 2 is 2.07 bits per heavy atom. The van der Waals surface area contributed by atoms with E-state index in [1.165, 1.54) is 5.56 Å². The van der Waals surface area contributed by atoms with Gasteiger partial charge in [-0.1, -0.05) is 26.0 Å². The Kier molecular flexibility index (Phi) is 4.61. The second-order valence-corrected chi connectivity index (χ2v) is 4.80. The minimum atomic E-state index is 0.345. The summed E-state index contributed by atoms with van der Waals surface area (Å²) in [6.45, 7) is 5.00. The molecule has 0 radical (unpaired) electrons. The second-order valence-electron chi connectivity index (χ2n) is 3.95. The first-order valence-corrected chi connectivity index (χ1v) is 5.93. The van der Waals surface area contributed by atoms with Gasteiger partial charge in [0.25, 0.3) is 0 Å². The molecule has 0 fully saturated rings. The summed E-state index contributed by atoms with van der Waals surface area (Å²) in [6.07, 6.45) is 0. The predicted octanol–water partition coefficient (Wildman–Crippen LogP) is 3.16. The van der Waals surface area contributed by atoms with Crippen molar-refractivity contribution in [2.75, 3.05) is 13.7 Å². The molecule has 84 valence electrons. The number of methoxy groups -OCH3 is 1. The van der Waals surface area contributed by atoms with E-state index >= 15 is 0 Å². The van der Waals surface area contributed by atoms with Crippen molar-refractivity contribution >= 4 is 15.9 Å². The van der Waals surface area contributed by atoms with Crippen LogP contribution in [0.1, 0.15) is 25.3 Å². The van der Waals surface area contributed by atoms with E-state index in [-0.39, 0.29) is 0 Å². The number of halogens is 1. The average molecular weight is 272 g/mol. The Bertz CT molecular complexity index is 325. The molecule has 0 aliphatic rings. The molecule has 15 heavy (non-hydrogen) atoms. The summed E-state index contributed by atoms with van der Waals surface area (Å²) < 4.78 is 6.39. The predicted molar refractivity (Wildman–Crippen MR) is 67.3 cm³/mol. The first-order chi connectivity index (χ1) is 7.11. The number of nitrogens with two attached hydrogens (primary N) is 1. The van der Waals surface area contributed by atoms with Gasteiger partial charge in [-0.15, -0.1) is 0 Å². The third-order valence-electron chi connectivity index (χ3n) is 2.66. The molecule has 0 aromatic heterocycles. The Morgan fingerprint density at radius 1 is 1.40 bits per heavy atom. The van der Waals surface area contributed by atoms with Crippen molar-refractivity contribution in [3.8, 4) is 5.75 Å². The molecule has 1 unspecified atom stereocenters. The molecule has 0 aliphatic carbocycles. The summed E-state index contributed by atoms with van der Waals surface area (Å²) in [5.74, 6) is 1.76. The minimum Gasteiger partial charge on any atom is -0.495 e. The van der Waals surface area contributed by atoms with E-state index in [9.17, 15) is 0 Å². The molecule has 0 bridgehead atoms. The molecule has 0 heterocycles. The molecule has 2 N–H and O–H groups in total. The minimum absolute atomic E-state index is 0.345. The largest absolute Gasteiger partial charge is 0.495 e. The number of hydrogen-bond donors (Lipinski definition) is 1. The van der Waals surface area contributed by atoms with Crippen LogP contribution >= 0.6 is 15.9 Å². The van der Waals surface area contributed by atoms with Gasteiger partial charge in [0.2, 0.25) is 0 Å². The first-order valence-electron chi connectivity index (χ1n) is 5.14. The number of benzene rings is 1. The third kappa shape index (κ3) is 2.73. The van der Waals surface area contributed by atoms with Crippen LogP contribution in [-0.4, -0.2) is 13.7 Å². The zero-order valence-corrected chi connectivity index (χ0v) is 11.0. The van der Waals surface area contributed by atoms with Crippen LogP contribution < -0.4 is 10.5 Å². The second kappa shape index (κ2) is 5.52. The molecule has 0 amide bonds. The molecule has 3 heteroatoms. The summed E-state index contributed by atoms with van der Waals surface area (Å²) in [5.41, 5.74) is 6.99. The molecule has 0 spiro atoms. The summed E-state index contributed by atoms with van der Waals surface area (Å²) in [4.78, 5) is 0. The fourth-order valence-corrected chi connectivity index (χ4v) is 2.33. The normalized spacial score (nSPS) is 12.9. The van der Waals surface area contributed by atoms with Gasteiger partial charge in [0.15, 0.2) is 0 Å². The molecule has 0 saturated carbocycles. The molecule has 1 aromatic carbocycles. The van der Waals surface area contributed by atoms with Crippen LogP contribution in [0.4, 0.5) is 0 Å². The molecule has 1 rings (SSSR count). The summed E-state index contributed by atoms with van der Waals surface area (Å²) in [7, 11) is 1.69. The molecular formula is C12H18BrNO. The van der Waals surface area contributed by atoms with Gasteiger partial charge < -0.3 is 10.5 Å². The van der Waals surface area contributed by atoms with Gasteiger partial charge in [-0.3, -0.25) is 0 Å². The van der Waals surface area contributed by atoms with Crippen LogP contribution in [0.15, 0.2) is 22.7 Å². The monoisotopic (exact) mass is 271 g/mol. The molecule has 0 aliphatic heterocycles. The molecule has 0 saturated heterocycles. The van der Waals surface area contributed by atoms with Gasteiger partial charge in [0.1, 0.15) is 5.75 Å². The van der Waals surface area contributed by atoms with Crippen molar-refractivity contribution in [1.29, 1.82) is 0 Å². The summed E-state index contributed by atoms with van der Waals surface area (Å²) >= 11 is 3.49. The lowest BCUT2D eigenvalue weighted by Crippen LogP contribution is -2.18. The zero-order chi connectivity index (χ0) is 11.4. The van der Waals surface area contributed by atoms with Crippen molar-refractivity contribution in [3.05, 3.63) is 28.2 Å². The zero-order valence-electron chi connectivity index (χ0n) is 9.46. The first kappa shape index (κ1) is 12.5. The van der Waals surface area contributed by atoms with E-state index in [0.717, 1.165) is 10.2 Å². The molecular weight excluding hydrogens is 254 g/mol. The highest BCUT2D eigenvalue weighted by Crippen LogP contribution is 2.36. The quantitative estimate of drug-likeness (QED) is 0.913. The van der Waals surface area contributed by atoms with Crippen LogP contribution in [0.25, 0.3) is 0 Å².